The number of halogens is 1. The van der Waals surface area contributed by atoms with Crippen LogP contribution in [0.15, 0.2) is 48.5 Å². The normalized spacial score (nSPS) is 11.1. The molecule has 0 saturated carbocycles. The van der Waals surface area contributed by atoms with Crippen molar-refractivity contribution in [3.8, 4) is 34.2 Å². The molecule has 0 aliphatic carbocycles. The van der Waals surface area contributed by atoms with Gasteiger partial charge in [-0.1, -0.05) is 35.5 Å². The number of carboxylic acid groups (broad SMARTS) is 1. The summed E-state index contributed by atoms with van der Waals surface area (Å²) < 4.78 is 0. The third-order valence-corrected chi connectivity index (χ3v) is 4.99. The average Bonchev–Trinajstić information content (AvgIpc) is 2.78. The second-order valence-corrected chi connectivity index (χ2v) is 7.52. The van der Waals surface area contributed by atoms with Gasteiger partial charge >= 0.3 is 35.5 Å². The van der Waals surface area contributed by atoms with Crippen molar-refractivity contribution in [2.24, 2.45) is 0 Å². The fraction of sp³-hybridized carbons (Fsp3) is 0.130. The van der Waals surface area contributed by atoms with Gasteiger partial charge in [0.25, 0.3) is 5.91 Å². The van der Waals surface area contributed by atoms with Gasteiger partial charge in [-0.25, -0.2) is 4.98 Å². The van der Waals surface area contributed by atoms with Crippen LogP contribution in [0, 0.1) is 11.3 Å². The molecule has 1 atom stereocenters. The topological polar surface area (TPSA) is 172 Å². The number of nitrogens with one attached hydrogen (secondary N) is 1. The predicted octanol–water partition coefficient (Wildman–Crippen LogP) is -0.235. The number of aliphatic carboxylic acids is 1. The summed E-state index contributed by atoms with van der Waals surface area (Å²) in [5, 5.41) is 43.3. The van der Waals surface area contributed by atoms with E-state index in [1.165, 1.54) is 24.3 Å². The van der Waals surface area contributed by atoms with Crippen LogP contribution in [0.2, 0.25) is 5.02 Å². The first-order valence-corrected chi connectivity index (χ1v) is 10.1. The number of carbonyl (C=O) groups excluding carboxylic acids is 1. The Hall–Kier alpha value is -3.13. The second kappa shape index (κ2) is 11.8. The molecule has 5 N–H and O–H groups in total. The van der Waals surface area contributed by atoms with E-state index in [4.69, 9.17) is 22.4 Å². The number of nitrogens with two attached hydrogens (primary N) is 1. The van der Waals surface area contributed by atoms with E-state index in [1.54, 1.807) is 24.3 Å². The van der Waals surface area contributed by atoms with E-state index >= 15 is 0 Å². The van der Waals surface area contributed by atoms with Gasteiger partial charge in [0.1, 0.15) is 23.6 Å². The number of benzene rings is 2. The Bertz CT molecular complexity index is 1280. The summed E-state index contributed by atoms with van der Waals surface area (Å²) in [4.78, 5) is 27.0. The molecule has 0 aliphatic rings. The first-order valence-electron chi connectivity index (χ1n) is 9.68. The maximum Gasteiger partial charge on any atom is 1.00 e. The van der Waals surface area contributed by atoms with E-state index in [1.807, 2.05) is 6.07 Å². The minimum Gasteiger partial charge on any atom is -0.872 e. The quantitative estimate of drug-likeness (QED) is 0.330. The van der Waals surface area contributed by atoms with Crippen molar-refractivity contribution in [2.75, 3.05) is 11.1 Å². The van der Waals surface area contributed by atoms with Crippen LogP contribution in [-0.4, -0.2) is 33.2 Å². The molecule has 0 bridgehead atoms. The Balaban J connectivity index is 0.00000408. The van der Waals surface area contributed by atoms with Gasteiger partial charge in [0.15, 0.2) is 0 Å². The Morgan fingerprint density at radius 2 is 1.94 bits per heavy atom. The number of nitriles is 1. The van der Waals surface area contributed by atoms with Crippen molar-refractivity contribution in [3.05, 3.63) is 59.1 Å². The molecule has 0 saturated heterocycles. The monoisotopic (exact) mass is 488 g/mol. The van der Waals surface area contributed by atoms with Crippen LogP contribution in [-0.2, 0) is 9.59 Å². The Kier molecular flexibility index (Phi) is 9.44. The van der Waals surface area contributed by atoms with E-state index in [-0.39, 0.29) is 70.8 Å². The Labute approximate surface area is 222 Å². The van der Waals surface area contributed by atoms with Gasteiger partial charge in [0.2, 0.25) is 0 Å². The smallest absolute Gasteiger partial charge is 0.872 e. The summed E-state index contributed by atoms with van der Waals surface area (Å²) in [6, 6.07) is 14.2. The molecule has 2 aromatic carbocycles. The molecule has 0 spiro atoms. The number of hydrogen-bond donors (Lipinski definition) is 4. The molecule has 9 nitrogen and oxygen atoms in total. The number of anilines is 2. The van der Waals surface area contributed by atoms with Crippen molar-refractivity contribution in [1.82, 2.24) is 4.98 Å². The van der Waals surface area contributed by atoms with Crippen molar-refractivity contribution < 1.29 is 54.5 Å². The number of aromatic nitrogens is 1. The number of nitrogen functional groups attached to an aromatic ring is 1. The van der Waals surface area contributed by atoms with Gasteiger partial charge in [-0.15, -0.1) is 0 Å². The number of aliphatic hydroxyl groups is 1. The van der Waals surface area contributed by atoms with Gasteiger partial charge in [-0.3, -0.25) is 9.59 Å². The minimum absolute atomic E-state index is 0. The molecule has 11 heteroatoms. The molecule has 1 heterocycles. The maximum absolute atomic E-state index is 12.3. The summed E-state index contributed by atoms with van der Waals surface area (Å²) >= 11 is 6.01. The zero-order chi connectivity index (χ0) is 24.1. The summed E-state index contributed by atoms with van der Waals surface area (Å²) in [5.41, 5.74) is 7.69. The molecule has 3 aromatic rings. The van der Waals surface area contributed by atoms with Crippen LogP contribution >= 0.6 is 11.6 Å². The predicted molar refractivity (Wildman–Crippen MR) is 120 cm³/mol. The fourth-order valence-corrected chi connectivity index (χ4v) is 3.30. The van der Waals surface area contributed by atoms with Crippen molar-refractivity contribution >= 4 is 35.0 Å². The molecule has 168 valence electrons. The maximum atomic E-state index is 12.3. The number of amides is 1. The first kappa shape index (κ1) is 27.1. The molecule has 0 fully saturated rings. The van der Waals surface area contributed by atoms with Gasteiger partial charge in [0.05, 0.1) is 5.69 Å². The zero-order valence-electron chi connectivity index (χ0n) is 18.1. The molecule has 1 unspecified atom stereocenters. The number of hydrogen-bond acceptors (Lipinski definition) is 7. The molecule has 0 radical (unpaired) electrons. The number of carbonyl (C=O) groups is 2. The van der Waals surface area contributed by atoms with Gasteiger partial charge in [-0.05, 0) is 47.9 Å². The molecule has 3 rings (SSSR count). The molecule has 34 heavy (non-hydrogen) atoms. The minimum atomic E-state index is -1.50. The van der Waals surface area contributed by atoms with Crippen LogP contribution in [0.25, 0.3) is 22.4 Å². The molecule has 0 aliphatic heterocycles. The van der Waals surface area contributed by atoms with Crippen molar-refractivity contribution in [2.45, 2.75) is 18.9 Å². The van der Waals surface area contributed by atoms with Crippen molar-refractivity contribution in [1.29, 1.82) is 5.26 Å². The summed E-state index contributed by atoms with van der Waals surface area (Å²) in [6.45, 7) is 0. The van der Waals surface area contributed by atoms with Crippen LogP contribution in [0.1, 0.15) is 18.4 Å². The number of pyridine rings is 1. The second-order valence-electron chi connectivity index (χ2n) is 7.09. The number of carboxylic acids is 1. The average molecular weight is 489 g/mol. The van der Waals surface area contributed by atoms with Crippen LogP contribution in [0.3, 0.4) is 0 Å². The summed E-state index contributed by atoms with van der Waals surface area (Å²) in [7, 11) is 0. The zero-order valence-corrected chi connectivity index (χ0v) is 20.8. The van der Waals surface area contributed by atoms with E-state index < -0.39 is 18.0 Å². The Morgan fingerprint density at radius 3 is 2.62 bits per heavy atom. The third kappa shape index (κ3) is 6.47. The largest absolute Gasteiger partial charge is 1.00 e. The van der Waals surface area contributed by atoms with Crippen LogP contribution < -0.4 is 45.7 Å². The number of rotatable bonds is 7. The van der Waals surface area contributed by atoms with E-state index in [0.717, 1.165) is 0 Å². The first-order chi connectivity index (χ1) is 15.7. The van der Waals surface area contributed by atoms with E-state index in [2.05, 4.69) is 10.3 Å². The number of aliphatic hydroxyl groups excluding tert-OH is 1. The third-order valence-electron chi connectivity index (χ3n) is 4.75. The molecular formula is C23H18ClN4NaO5. The van der Waals surface area contributed by atoms with Crippen LogP contribution in [0.4, 0.5) is 11.5 Å². The molecular weight excluding hydrogens is 471 g/mol. The van der Waals surface area contributed by atoms with E-state index in [0.29, 0.717) is 21.8 Å². The van der Waals surface area contributed by atoms with Crippen molar-refractivity contribution in [3.63, 3.8) is 0 Å². The van der Waals surface area contributed by atoms with Gasteiger partial charge in [-0.2, -0.15) is 5.26 Å². The molecule has 1 amide bonds. The summed E-state index contributed by atoms with van der Waals surface area (Å²) in [5.74, 6) is -2.29. The van der Waals surface area contributed by atoms with Gasteiger partial charge in [0, 0.05) is 22.7 Å². The van der Waals surface area contributed by atoms with Gasteiger partial charge < -0.3 is 26.4 Å². The fourth-order valence-electron chi connectivity index (χ4n) is 3.13. The van der Waals surface area contributed by atoms with Crippen LogP contribution in [0.5, 0.6) is 5.75 Å². The Morgan fingerprint density at radius 1 is 1.21 bits per heavy atom. The molecule has 1 aromatic heterocycles. The SMILES string of the molecule is N#Cc1c(-c2cccc(NC(=O)C(O)CCC(=O)O)c2)cc(-c2cc(Cl)ccc2[O-])nc1N.[Na+]. The summed E-state index contributed by atoms with van der Waals surface area (Å²) in [6.07, 6.45) is -2.09. The van der Waals surface area contributed by atoms with E-state index in [9.17, 15) is 25.1 Å². The standard InChI is InChI=1S/C23H19ClN4O5.Na/c24-13-4-5-19(29)16(9-13)18-10-15(17(11-25)22(26)28-18)12-2-1-3-14(8-12)27-23(33)20(30)6-7-21(31)32;/h1-5,8-10,20,29-30H,6-7H2,(H2,26,28)(H,27,33)(H,31,32);/q;+1/p-1. The number of nitrogens with zero attached hydrogens (tertiary/aromatic N) is 2.